The van der Waals surface area contributed by atoms with Crippen LogP contribution in [0.4, 0.5) is 17.1 Å². The van der Waals surface area contributed by atoms with Gasteiger partial charge in [0.05, 0.1) is 11.1 Å². The molecule has 3 aliphatic rings. The van der Waals surface area contributed by atoms with Crippen LogP contribution in [0.5, 0.6) is 0 Å². The van der Waals surface area contributed by atoms with Gasteiger partial charge in [0.2, 0.25) is 0 Å². The van der Waals surface area contributed by atoms with E-state index in [4.69, 9.17) is 4.42 Å². The number of benzene rings is 10. The Balaban J connectivity index is 1.09. The van der Waals surface area contributed by atoms with E-state index in [-0.39, 0.29) is 5.41 Å². The van der Waals surface area contributed by atoms with Crippen molar-refractivity contribution in [3.05, 3.63) is 246 Å². The predicted molar refractivity (Wildman–Crippen MR) is 265 cm³/mol. The number of nitrogens with zero attached hydrogens (tertiary/aromatic N) is 1. The van der Waals surface area contributed by atoms with Crippen LogP contribution in [-0.2, 0) is 10.8 Å². The molecule has 0 fully saturated rings. The number of hydrogen-bond acceptors (Lipinski definition) is 2. The first kappa shape index (κ1) is 35.6. The molecule has 0 aliphatic heterocycles. The van der Waals surface area contributed by atoms with E-state index >= 15 is 0 Å². The zero-order chi connectivity index (χ0) is 42.3. The molecular formula is C62H41NO. The topological polar surface area (TPSA) is 16.4 Å². The molecule has 0 atom stereocenters. The first-order valence-corrected chi connectivity index (χ1v) is 22.4. The van der Waals surface area contributed by atoms with Crippen LogP contribution >= 0.6 is 0 Å². The number of furan rings is 1. The second-order valence-electron chi connectivity index (χ2n) is 18.4. The molecule has 2 nitrogen and oxygen atoms in total. The van der Waals surface area contributed by atoms with Crippen molar-refractivity contribution in [1.82, 2.24) is 0 Å². The zero-order valence-corrected chi connectivity index (χ0v) is 35.6. The normalized spacial score (nSPS) is 14.3. The third-order valence-electron chi connectivity index (χ3n) is 14.8. The highest BCUT2D eigenvalue weighted by molar-refractivity contribution is 6.13. The third kappa shape index (κ3) is 4.64. The minimum absolute atomic E-state index is 0.178. The maximum absolute atomic E-state index is 6.80. The molecule has 11 aromatic rings. The third-order valence-corrected chi connectivity index (χ3v) is 14.8. The lowest BCUT2D eigenvalue weighted by Crippen LogP contribution is -2.26. The van der Waals surface area contributed by atoms with E-state index in [1.165, 1.54) is 77.5 Å². The molecule has 14 rings (SSSR count). The molecule has 0 saturated heterocycles. The van der Waals surface area contributed by atoms with E-state index in [2.05, 4.69) is 231 Å². The van der Waals surface area contributed by atoms with E-state index in [0.29, 0.717) is 0 Å². The molecule has 0 unspecified atom stereocenters. The lowest BCUT2D eigenvalue weighted by Gasteiger charge is -2.33. The molecule has 2 heteroatoms. The fourth-order valence-electron chi connectivity index (χ4n) is 12.0. The van der Waals surface area contributed by atoms with Gasteiger partial charge in [0.25, 0.3) is 0 Å². The molecular weight excluding hydrogens is 775 g/mol. The monoisotopic (exact) mass is 815 g/mol. The predicted octanol–water partition coefficient (Wildman–Crippen LogP) is 16.5. The fourth-order valence-corrected chi connectivity index (χ4v) is 12.0. The van der Waals surface area contributed by atoms with Crippen LogP contribution in [-0.4, -0.2) is 0 Å². The molecule has 3 aliphatic carbocycles. The molecule has 300 valence electrons. The molecule has 10 aromatic carbocycles. The zero-order valence-electron chi connectivity index (χ0n) is 35.6. The Bertz CT molecular complexity index is 3710. The second-order valence-corrected chi connectivity index (χ2v) is 18.4. The molecule has 0 bridgehead atoms. The first-order valence-electron chi connectivity index (χ1n) is 22.4. The summed E-state index contributed by atoms with van der Waals surface area (Å²) in [5, 5.41) is 4.58. The van der Waals surface area contributed by atoms with E-state index < -0.39 is 5.41 Å². The van der Waals surface area contributed by atoms with Gasteiger partial charge in [-0.15, -0.1) is 0 Å². The summed E-state index contributed by atoms with van der Waals surface area (Å²) in [6.45, 7) is 4.75. The highest BCUT2D eigenvalue weighted by Crippen LogP contribution is 2.63. The van der Waals surface area contributed by atoms with E-state index in [0.717, 1.165) is 50.1 Å². The Morgan fingerprint density at radius 1 is 0.344 bits per heavy atom. The summed E-state index contributed by atoms with van der Waals surface area (Å²) in [5.41, 5.74) is 22.5. The highest BCUT2D eigenvalue weighted by atomic mass is 16.3. The van der Waals surface area contributed by atoms with Crippen LogP contribution in [0.2, 0.25) is 0 Å². The van der Waals surface area contributed by atoms with Crippen LogP contribution in [0.3, 0.4) is 0 Å². The van der Waals surface area contributed by atoms with Gasteiger partial charge in [-0.05, 0) is 132 Å². The van der Waals surface area contributed by atoms with Crippen LogP contribution in [0.15, 0.2) is 217 Å². The van der Waals surface area contributed by atoms with E-state index in [9.17, 15) is 0 Å². The van der Waals surface area contributed by atoms with E-state index in [1.807, 2.05) is 0 Å². The average Bonchev–Trinajstić information content (AvgIpc) is 4.02. The number of rotatable bonds is 4. The van der Waals surface area contributed by atoms with Gasteiger partial charge in [0.1, 0.15) is 11.2 Å². The number of anilines is 3. The van der Waals surface area contributed by atoms with Crippen LogP contribution in [0.25, 0.3) is 77.2 Å². The van der Waals surface area contributed by atoms with Gasteiger partial charge in [-0.3, -0.25) is 0 Å². The van der Waals surface area contributed by atoms with Crippen molar-refractivity contribution in [3.8, 4) is 44.5 Å². The average molecular weight is 816 g/mol. The number of hydrogen-bond donors (Lipinski definition) is 0. The van der Waals surface area contributed by atoms with Gasteiger partial charge in [-0.2, -0.15) is 0 Å². The maximum atomic E-state index is 6.80. The van der Waals surface area contributed by atoms with Gasteiger partial charge in [-0.25, -0.2) is 0 Å². The molecule has 0 radical (unpaired) electrons. The van der Waals surface area contributed by atoms with Crippen molar-refractivity contribution in [2.24, 2.45) is 0 Å². The minimum Gasteiger partial charge on any atom is -0.456 e. The smallest absolute Gasteiger partial charge is 0.136 e. The van der Waals surface area contributed by atoms with Crippen molar-refractivity contribution in [3.63, 3.8) is 0 Å². The lowest BCUT2D eigenvalue weighted by atomic mass is 9.70. The first-order chi connectivity index (χ1) is 31.5. The van der Waals surface area contributed by atoms with E-state index in [1.54, 1.807) is 0 Å². The summed E-state index contributed by atoms with van der Waals surface area (Å²) >= 11 is 0. The molecule has 0 saturated carbocycles. The molecule has 0 amide bonds. The van der Waals surface area contributed by atoms with Crippen molar-refractivity contribution in [1.29, 1.82) is 0 Å². The SMILES string of the molecule is CC1(C)c2ccccc2-c2ccc(N(c3ccc4c(c3)C3(c5ccccc5-c5ccccc53)c3ccccc3-4)c3cc4c(cc3-c3ccccc3)oc3cc5ccccc5cc34)cc21. The Morgan fingerprint density at radius 2 is 0.797 bits per heavy atom. The summed E-state index contributed by atoms with van der Waals surface area (Å²) in [4.78, 5) is 2.53. The number of fused-ring (bicyclic) bond motifs is 17. The Kier molecular flexibility index (Phi) is 7.13. The summed E-state index contributed by atoms with van der Waals surface area (Å²) in [7, 11) is 0. The van der Waals surface area contributed by atoms with Gasteiger partial charge in [0.15, 0.2) is 0 Å². The summed E-state index contributed by atoms with van der Waals surface area (Å²) in [6.07, 6.45) is 0. The molecule has 0 N–H and O–H groups in total. The van der Waals surface area contributed by atoms with Crippen LogP contribution in [0.1, 0.15) is 47.2 Å². The van der Waals surface area contributed by atoms with Gasteiger partial charge >= 0.3 is 0 Å². The van der Waals surface area contributed by atoms with Crippen molar-refractivity contribution >= 4 is 49.8 Å². The standard InChI is InChI=1S/C62H41NO/c1-61(2)52-24-12-8-20-43(52)47-30-28-41(34-56(47)61)63(58-36-51-50-32-39-18-6-7-19-40(39)33-59(50)64-60(51)37-49(58)38-16-4-3-5-17-38)42-29-31-48-46-23-11-15-27-55(46)62(57(48)35-42)53-25-13-9-21-44(53)45-22-10-14-26-54(45)62/h3-37H,1-2H3. The van der Waals surface area contributed by atoms with Crippen molar-refractivity contribution < 1.29 is 4.42 Å². The summed E-state index contributed by atoms with van der Waals surface area (Å²) in [6, 6.07) is 79.2. The lowest BCUT2D eigenvalue weighted by molar-refractivity contribution is 0.660. The Labute approximate surface area is 372 Å². The maximum Gasteiger partial charge on any atom is 0.136 e. The Morgan fingerprint density at radius 3 is 1.42 bits per heavy atom. The van der Waals surface area contributed by atoms with Crippen molar-refractivity contribution in [2.45, 2.75) is 24.7 Å². The van der Waals surface area contributed by atoms with Crippen molar-refractivity contribution in [2.75, 3.05) is 4.90 Å². The van der Waals surface area contributed by atoms with Gasteiger partial charge in [0, 0.05) is 33.1 Å². The fraction of sp³-hybridized carbons (Fsp3) is 0.0645. The Hall–Kier alpha value is -7.94. The molecule has 1 spiro atoms. The summed E-state index contributed by atoms with van der Waals surface area (Å²) < 4.78 is 6.80. The summed E-state index contributed by atoms with van der Waals surface area (Å²) in [5.74, 6) is 0. The molecule has 1 aromatic heterocycles. The quantitative estimate of drug-likeness (QED) is 0.176. The minimum atomic E-state index is -0.476. The second kappa shape index (κ2) is 12.8. The van der Waals surface area contributed by atoms with Gasteiger partial charge < -0.3 is 9.32 Å². The molecule has 64 heavy (non-hydrogen) atoms. The van der Waals surface area contributed by atoms with Crippen LogP contribution < -0.4 is 4.90 Å². The van der Waals surface area contributed by atoms with Crippen LogP contribution in [0, 0.1) is 0 Å². The largest absolute Gasteiger partial charge is 0.456 e. The molecule has 1 heterocycles. The van der Waals surface area contributed by atoms with Gasteiger partial charge in [-0.1, -0.05) is 178 Å². The highest BCUT2D eigenvalue weighted by Gasteiger charge is 2.51.